The first kappa shape index (κ1) is 23.6. The number of benzene rings is 1. The molecule has 1 saturated heterocycles. The Morgan fingerprint density at radius 1 is 1.29 bits per heavy atom. The van der Waals surface area contributed by atoms with Gasteiger partial charge >= 0.3 is 5.97 Å². The molecule has 2 aliphatic heterocycles. The summed E-state index contributed by atoms with van der Waals surface area (Å²) in [6.45, 7) is 10.3. The van der Waals surface area contributed by atoms with Crippen LogP contribution in [-0.4, -0.2) is 59.5 Å². The highest BCUT2D eigenvalue weighted by molar-refractivity contribution is 5.97. The molecule has 9 heteroatoms. The Morgan fingerprint density at radius 3 is 2.69 bits per heavy atom. The van der Waals surface area contributed by atoms with Gasteiger partial charge in [0.1, 0.15) is 29.0 Å². The van der Waals surface area contributed by atoms with Crippen LogP contribution in [0, 0.1) is 5.41 Å². The maximum Gasteiger partial charge on any atom is 0.343 e. The number of carbonyl (C=O) groups is 1. The van der Waals surface area contributed by atoms with Crippen LogP contribution >= 0.6 is 0 Å². The largest absolute Gasteiger partial charge is 0.488 e. The minimum absolute atomic E-state index is 0.0404. The fraction of sp³-hybridized carbons (Fsp3) is 0.500. The third kappa shape index (κ3) is 3.92. The highest BCUT2D eigenvalue weighted by Gasteiger charge is 2.40. The van der Waals surface area contributed by atoms with Gasteiger partial charge in [0.2, 0.25) is 0 Å². The lowest BCUT2D eigenvalue weighted by molar-refractivity contribution is -0.208. The van der Waals surface area contributed by atoms with Gasteiger partial charge in [0, 0.05) is 24.8 Å². The molecule has 0 aliphatic carbocycles. The van der Waals surface area contributed by atoms with Gasteiger partial charge < -0.3 is 23.5 Å². The predicted octanol–water partition coefficient (Wildman–Crippen LogP) is 3.44. The first-order chi connectivity index (χ1) is 16.7. The molecule has 0 bridgehead atoms. The zero-order valence-corrected chi connectivity index (χ0v) is 20.8. The normalized spacial score (nSPS) is 18.5. The Balaban J connectivity index is 1.64. The van der Waals surface area contributed by atoms with Crippen molar-refractivity contribution in [1.82, 2.24) is 14.3 Å². The van der Waals surface area contributed by atoms with E-state index in [4.69, 9.17) is 24.0 Å². The SMILES string of the molecule is CCOC(=O)c1cn2c(cc1=O)-c1c3cccc(OCC4(OC)COC4)c3nn1CC2C(C)(C)C. The second kappa shape index (κ2) is 8.49. The molecule has 0 amide bonds. The second-order valence-electron chi connectivity index (χ2n) is 10.3. The lowest BCUT2D eigenvalue weighted by atomic mass is 9.85. The van der Waals surface area contributed by atoms with Crippen molar-refractivity contribution in [2.24, 2.45) is 5.41 Å². The molecule has 1 unspecified atom stereocenters. The van der Waals surface area contributed by atoms with Crippen LogP contribution in [0.1, 0.15) is 44.1 Å². The molecular formula is C26H31N3O6. The molecule has 0 saturated carbocycles. The van der Waals surface area contributed by atoms with E-state index in [9.17, 15) is 9.59 Å². The summed E-state index contributed by atoms with van der Waals surface area (Å²) < 4.78 is 26.2. The van der Waals surface area contributed by atoms with E-state index in [0.29, 0.717) is 32.1 Å². The van der Waals surface area contributed by atoms with E-state index in [2.05, 4.69) is 20.8 Å². The molecule has 1 fully saturated rings. The third-order valence-corrected chi connectivity index (χ3v) is 6.89. The molecule has 9 nitrogen and oxygen atoms in total. The highest BCUT2D eigenvalue weighted by Crippen LogP contribution is 2.43. The quantitative estimate of drug-likeness (QED) is 0.498. The smallest absolute Gasteiger partial charge is 0.343 e. The molecule has 3 aromatic rings. The maximum absolute atomic E-state index is 13.0. The number of pyridine rings is 1. The summed E-state index contributed by atoms with van der Waals surface area (Å²) in [6, 6.07) is 7.27. The van der Waals surface area contributed by atoms with E-state index in [1.807, 2.05) is 27.4 Å². The summed E-state index contributed by atoms with van der Waals surface area (Å²) in [5.74, 6) is 0.0456. The van der Waals surface area contributed by atoms with Crippen LogP contribution in [0.25, 0.3) is 22.3 Å². The number of hydrogen-bond donors (Lipinski definition) is 0. The molecule has 5 rings (SSSR count). The van der Waals surface area contributed by atoms with Crippen LogP contribution in [0.3, 0.4) is 0 Å². The Labute approximate surface area is 203 Å². The third-order valence-electron chi connectivity index (χ3n) is 6.89. The Kier molecular flexibility index (Phi) is 5.72. The number of rotatable bonds is 6. The van der Waals surface area contributed by atoms with Crippen LogP contribution in [0.2, 0.25) is 0 Å². The van der Waals surface area contributed by atoms with Crippen molar-refractivity contribution in [3.63, 3.8) is 0 Å². The zero-order chi connectivity index (χ0) is 25.0. The average molecular weight is 482 g/mol. The second-order valence-corrected chi connectivity index (χ2v) is 10.3. The van der Waals surface area contributed by atoms with Crippen LogP contribution in [0.4, 0.5) is 0 Å². The van der Waals surface area contributed by atoms with Gasteiger partial charge in [-0.2, -0.15) is 5.10 Å². The van der Waals surface area contributed by atoms with Gasteiger partial charge in [-0.3, -0.25) is 9.48 Å². The van der Waals surface area contributed by atoms with Crippen molar-refractivity contribution >= 4 is 16.9 Å². The van der Waals surface area contributed by atoms with Crippen LogP contribution in [0.5, 0.6) is 5.75 Å². The van der Waals surface area contributed by atoms with E-state index >= 15 is 0 Å². The molecule has 0 N–H and O–H groups in total. The lowest BCUT2D eigenvalue weighted by Gasteiger charge is -2.39. The Bertz CT molecular complexity index is 1340. The van der Waals surface area contributed by atoms with E-state index in [1.165, 1.54) is 6.07 Å². The monoisotopic (exact) mass is 481 g/mol. The van der Waals surface area contributed by atoms with E-state index < -0.39 is 11.6 Å². The van der Waals surface area contributed by atoms with Crippen LogP contribution in [-0.2, 0) is 20.8 Å². The lowest BCUT2D eigenvalue weighted by Crippen LogP contribution is -2.55. The maximum atomic E-state index is 13.0. The van der Waals surface area contributed by atoms with Crippen molar-refractivity contribution in [2.75, 3.05) is 33.5 Å². The van der Waals surface area contributed by atoms with Crippen molar-refractivity contribution < 1.29 is 23.7 Å². The van der Waals surface area contributed by atoms with Crippen molar-refractivity contribution in [2.45, 2.75) is 45.9 Å². The van der Waals surface area contributed by atoms with Gasteiger partial charge in [-0.05, 0) is 18.4 Å². The first-order valence-electron chi connectivity index (χ1n) is 11.9. The summed E-state index contributed by atoms with van der Waals surface area (Å²) in [5.41, 5.74) is 1.32. The van der Waals surface area contributed by atoms with Gasteiger partial charge in [0.25, 0.3) is 0 Å². The molecular weight excluding hydrogens is 450 g/mol. The minimum atomic E-state index is -0.605. The number of aromatic nitrogens is 3. The van der Waals surface area contributed by atoms with Gasteiger partial charge in [-0.1, -0.05) is 32.9 Å². The Hall–Kier alpha value is -3.17. The first-order valence-corrected chi connectivity index (χ1v) is 11.9. The molecule has 1 atom stereocenters. The van der Waals surface area contributed by atoms with Gasteiger partial charge in [0.15, 0.2) is 5.43 Å². The van der Waals surface area contributed by atoms with E-state index in [1.54, 1.807) is 20.2 Å². The van der Waals surface area contributed by atoms with Gasteiger partial charge in [0.05, 0.1) is 43.8 Å². The number of hydrogen-bond acceptors (Lipinski definition) is 7. The number of ether oxygens (including phenoxy) is 4. The summed E-state index contributed by atoms with van der Waals surface area (Å²) in [5, 5.41) is 5.79. The number of nitrogens with zero attached hydrogens (tertiary/aromatic N) is 3. The number of fused-ring (bicyclic) bond motifs is 5. The molecule has 2 aromatic heterocycles. The van der Waals surface area contributed by atoms with Crippen molar-refractivity contribution in [3.05, 3.63) is 46.2 Å². The average Bonchev–Trinajstić information content (AvgIpc) is 3.17. The van der Waals surface area contributed by atoms with Crippen molar-refractivity contribution in [1.29, 1.82) is 0 Å². The molecule has 0 spiro atoms. The molecule has 0 radical (unpaired) electrons. The van der Waals surface area contributed by atoms with Crippen LogP contribution in [0.15, 0.2) is 35.3 Å². The number of esters is 1. The minimum Gasteiger partial charge on any atom is -0.488 e. The predicted molar refractivity (Wildman–Crippen MR) is 130 cm³/mol. The van der Waals surface area contributed by atoms with Crippen LogP contribution < -0.4 is 10.2 Å². The highest BCUT2D eigenvalue weighted by atomic mass is 16.6. The standard InChI is InChI=1S/C26H31N3O6/c1-6-34-24(31)17-11-28-18(10-19(17)30)23-16-8-7-9-20(35-15-26(32-5)13-33-14-26)22(16)27-29(23)12-21(28)25(2,3)4/h7-11,21H,6,12-15H2,1-5H3. The zero-order valence-electron chi connectivity index (χ0n) is 20.8. The fourth-order valence-corrected chi connectivity index (χ4v) is 4.75. The number of methoxy groups -OCH3 is 1. The number of carbonyl (C=O) groups excluding carboxylic acids is 1. The molecule has 4 heterocycles. The fourth-order valence-electron chi connectivity index (χ4n) is 4.75. The van der Waals surface area contributed by atoms with Gasteiger partial charge in [-0.15, -0.1) is 0 Å². The summed E-state index contributed by atoms with van der Waals surface area (Å²) in [4.78, 5) is 25.5. The van der Waals surface area contributed by atoms with Gasteiger partial charge in [-0.25, -0.2) is 4.79 Å². The molecule has 2 aliphatic rings. The molecule has 186 valence electrons. The summed E-state index contributed by atoms with van der Waals surface area (Å²) in [7, 11) is 1.66. The van der Waals surface area contributed by atoms with E-state index in [-0.39, 0.29) is 29.1 Å². The summed E-state index contributed by atoms with van der Waals surface area (Å²) in [6.07, 6.45) is 1.65. The summed E-state index contributed by atoms with van der Waals surface area (Å²) >= 11 is 0. The van der Waals surface area contributed by atoms with E-state index in [0.717, 1.165) is 22.3 Å². The molecule has 1 aromatic carbocycles. The van der Waals surface area contributed by atoms with Crippen molar-refractivity contribution in [3.8, 4) is 17.1 Å². The Morgan fingerprint density at radius 2 is 2.06 bits per heavy atom. The molecule has 35 heavy (non-hydrogen) atoms. The topological polar surface area (TPSA) is 93.8 Å².